The third kappa shape index (κ3) is 2.84. The summed E-state index contributed by atoms with van der Waals surface area (Å²) >= 11 is 5.80. The molecule has 0 aliphatic carbocycles. The van der Waals surface area contributed by atoms with Gasteiger partial charge in [0, 0.05) is 24.8 Å². The van der Waals surface area contributed by atoms with Crippen molar-refractivity contribution in [1.29, 1.82) is 0 Å². The summed E-state index contributed by atoms with van der Waals surface area (Å²) in [6, 6.07) is 1.96. The molecule has 0 saturated carbocycles. The Hall–Kier alpha value is -0.830. The molecule has 0 bridgehead atoms. The lowest BCUT2D eigenvalue weighted by Gasteiger charge is -2.21. The van der Waals surface area contributed by atoms with Gasteiger partial charge in [0.2, 0.25) is 5.28 Å². The zero-order chi connectivity index (χ0) is 10.6. The fourth-order valence-corrected chi connectivity index (χ4v) is 1.60. The lowest BCUT2D eigenvalue weighted by atomic mass is 10.3. The van der Waals surface area contributed by atoms with Gasteiger partial charge in [0.1, 0.15) is 5.82 Å². The van der Waals surface area contributed by atoms with Crippen molar-refractivity contribution in [2.45, 2.75) is 27.2 Å². The van der Waals surface area contributed by atoms with Crippen molar-refractivity contribution in [2.75, 3.05) is 18.0 Å². The molecule has 1 aromatic rings. The van der Waals surface area contributed by atoms with Crippen molar-refractivity contribution in [3.63, 3.8) is 0 Å². The van der Waals surface area contributed by atoms with Crippen molar-refractivity contribution >= 4 is 17.4 Å². The van der Waals surface area contributed by atoms with Gasteiger partial charge in [-0.25, -0.2) is 9.97 Å². The van der Waals surface area contributed by atoms with Gasteiger partial charge in [0.05, 0.1) is 0 Å². The van der Waals surface area contributed by atoms with Crippen LogP contribution in [0.1, 0.15) is 26.0 Å². The molecule has 14 heavy (non-hydrogen) atoms. The molecule has 0 aliphatic rings. The molecule has 1 rings (SSSR count). The summed E-state index contributed by atoms with van der Waals surface area (Å²) in [7, 11) is 0. The summed E-state index contributed by atoms with van der Waals surface area (Å²) in [5.41, 5.74) is 0.912. The number of nitrogens with zero attached hydrogens (tertiary/aromatic N) is 3. The van der Waals surface area contributed by atoms with Gasteiger partial charge in [-0.05, 0) is 31.9 Å². The topological polar surface area (TPSA) is 29.0 Å². The second-order valence-corrected chi connectivity index (χ2v) is 3.55. The number of aromatic nitrogens is 2. The highest BCUT2D eigenvalue weighted by Crippen LogP contribution is 2.14. The van der Waals surface area contributed by atoms with Crippen LogP contribution in [0.5, 0.6) is 0 Å². The molecule has 0 aliphatic heterocycles. The molecule has 0 saturated heterocycles. The lowest BCUT2D eigenvalue weighted by molar-refractivity contribution is 0.775. The normalized spacial score (nSPS) is 10.3. The highest BCUT2D eigenvalue weighted by atomic mass is 35.5. The standard InChI is InChI=1S/C10H16ClN3/c1-4-6-14(5-2)9-7-8(3)12-10(11)13-9/h7H,4-6H2,1-3H3. The molecule has 0 spiro atoms. The second kappa shape index (κ2) is 5.15. The van der Waals surface area contributed by atoms with Gasteiger partial charge >= 0.3 is 0 Å². The summed E-state index contributed by atoms with van der Waals surface area (Å²) < 4.78 is 0. The molecule has 0 atom stereocenters. The summed E-state index contributed by atoms with van der Waals surface area (Å²) in [4.78, 5) is 10.4. The molecule has 4 heteroatoms. The summed E-state index contributed by atoms with van der Waals surface area (Å²) in [5.74, 6) is 0.923. The number of hydrogen-bond acceptors (Lipinski definition) is 3. The highest BCUT2D eigenvalue weighted by molar-refractivity contribution is 6.28. The first kappa shape index (κ1) is 11.2. The van der Waals surface area contributed by atoms with Gasteiger partial charge in [-0.1, -0.05) is 6.92 Å². The van der Waals surface area contributed by atoms with Crippen molar-refractivity contribution < 1.29 is 0 Å². The third-order valence-corrected chi connectivity index (χ3v) is 2.18. The van der Waals surface area contributed by atoms with Gasteiger partial charge in [-0.2, -0.15) is 0 Å². The van der Waals surface area contributed by atoms with Crippen molar-refractivity contribution in [1.82, 2.24) is 9.97 Å². The molecule has 0 amide bonds. The predicted molar refractivity (Wildman–Crippen MR) is 60.0 cm³/mol. The van der Waals surface area contributed by atoms with E-state index in [2.05, 4.69) is 28.7 Å². The fraction of sp³-hybridized carbons (Fsp3) is 0.600. The number of anilines is 1. The Labute approximate surface area is 90.1 Å². The van der Waals surface area contributed by atoms with E-state index in [1.54, 1.807) is 0 Å². The summed E-state index contributed by atoms with van der Waals surface area (Å²) in [6.45, 7) is 8.14. The van der Waals surface area contributed by atoms with E-state index in [1.165, 1.54) is 0 Å². The minimum absolute atomic E-state index is 0.328. The smallest absolute Gasteiger partial charge is 0.224 e. The Morgan fingerprint density at radius 2 is 2.07 bits per heavy atom. The van der Waals surface area contributed by atoms with E-state index in [1.807, 2.05) is 13.0 Å². The van der Waals surface area contributed by atoms with E-state index in [4.69, 9.17) is 11.6 Å². The van der Waals surface area contributed by atoms with Crippen LogP contribution in [-0.2, 0) is 0 Å². The van der Waals surface area contributed by atoms with Crippen molar-refractivity contribution in [3.8, 4) is 0 Å². The van der Waals surface area contributed by atoms with Crippen LogP contribution < -0.4 is 4.90 Å². The van der Waals surface area contributed by atoms with E-state index in [0.717, 1.165) is 31.0 Å². The van der Waals surface area contributed by atoms with Crippen LogP contribution in [0.25, 0.3) is 0 Å². The lowest BCUT2D eigenvalue weighted by Crippen LogP contribution is -2.24. The SMILES string of the molecule is CCCN(CC)c1cc(C)nc(Cl)n1. The molecule has 1 heterocycles. The number of aryl methyl sites for hydroxylation is 1. The molecular formula is C10H16ClN3. The molecule has 78 valence electrons. The molecule has 0 fully saturated rings. The van der Waals surface area contributed by atoms with Crippen molar-refractivity contribution in [2.24, 2.45) is 0 Å². The Morgan fingerprint density at radius 3 is 2.57 bits per heavy atom. The molecule has 0 N–H and O–H groups in total. The zero-order valence-corrected chi connectivity index (χ0v) is 9.67. The first-order chi connectivity index (χ1) is 6.67. The van der Waals surface area contributed by atoms with Gasteiger partial charge in [-0.15, -0.1) is 0 Å². The Bertz CT molecular complexity index is 281. The minimum Gasteiger partial charge on any atom is -0.357 e. The van der Waals surface area contributed by atoms with Gasteiger partial charge in [0.15, 0.2) is 0 Å². The monoisotopic (exact) mass is 213 g/mol. The highest BCUT2D eigenvalue weighted by Gasteiger charge is 2.06. The van der Waals surface area contributed by atoms with E-state index in [-0.39, 0.29) is 0 Å². The van der Waals surface area contributed by atoms with Gasteiger partial charge in [0.25, 0.3) is 0 Å². The Kier molecular flexibility index (Phi) is 4.14. The predicted octanol–water partition coefficient (Wildman–Crippen LogP) is 2.67. The summed E-state index contributed by atoms with van der Waals surface area (Å²) in [6.07, 6.45) is 1.11. The molecule has 0 unspecified atom stereocenters. The Morgan fingerprint density at radius 1 is 1.36 bits per heavy atom. The summed E-state index contributed by atoms with van der Waals surface area (Å²) in [5, 5.41) is 0.328. The van der Waals surface area contributed by atoms with Crippen LogP contribution in [0.15, 0.2) is 6.07 Å². The average Bonchev–Trinajstić information content (AvgIpc) is 2.12. The maximum atomic E-state index is 5.80. The third-order valence-electron chi connectivity index (χ3n) is 2.01. The van der Waals surface area contributed by atoms with E-state index in [0.29, 0.717) is 5.28 Å². The van der Waals surface area contributed by atoms with Crippen LogP contribution in [0.4, 0.5) is 5.82 Å². The maximum Gasteiger partial charge on any atom is 0.224 e. The van der Waals surface area contributed by atoms with Crippen LogP contribution in [0.2, 0.25) is 5.28 Å². The molecular weight excluding hydrogens is 198 g/mol. The van der Waals surface area contributed by atoms with E-state index < -0.39 is 0 Å². The molecule has 0 aromatic carbocycles. The maximum absolute atomic E-state index is 5.80. The molecule has 0 radical (unpaired) electrons. The van der Waals surface area contributed by atoms with E-state index >= 15 is 0 Å². The van der Waals surface area contributed by atoms with Crippen LogP contribution in [0, 0.1) is 6.92 Å². The Balaban J connectivity index is 2.91. The number of halogens is 1. The van der Waals surface area contributed by atoms with Crippen LogP contribution >= 0.6 is 11.6 Å². The second-order valence-electron chi connectivity index (χ2n) is 3.22. The van der Waals surface area contributed by atoms with Crippen LogP contribution in [-0.4, -0.2) is 23.1 Å². The van der Waals surface area contributed by atoms with Gasteiger partial charge in [-0.3, -0.25) is 0 Å². The molecule has 1 aromatic heterocycles. The number of rotatable bonds is 4. The molecule has 3 nitrogen and oxygen atoms in total. The van der Waals surface area contributed by atoms with Crippen molar-refractivity contribution in [3.05, 3.63) is 17.0 Å². The average molecular weight is 214 g/mol. The van der Waals surface area contributed by atoms with Gasteiger partial charge < -0.3 is 4.90 Å². The van der Waals surface area contributed by atoms with E-state index in [9.17, 15) is 0 Å². The van der Waals surface area contributed by atoms with Crippen LogP contribution in [0.3, 0.4) is 0 Å². The first-order valence-corrected chi connectivity index (χ1v) is 5.31. The minimum atomic E-state index is 0.328. The quantitative estimate of drug-likeness (QED) is 0.721. The largest absolute Gasteiger partial charge is 0.357 e. The first-order valence-electron chi connectivity index (χ1n) is 4.93. The zero-order valence-electron chi connectivity index (χ0n) is 8.92. The number of hydrogen-bond donors (Lipinski definition) is 0. The fourth-order valence-electron chi connectivity index (χ4n) is 1.38.